The Kier molecular flexibility index (Phi) is 4.96. The van der Waals surface area contributed by atoms with E-state index in [-0.39, 0.29) is 11.6 Å². The van der Waals surface area contributed by atoms with Crippen molar-refractivity contribution >= 4 is 11.6 Å². The summed E-state index contributed by atoms with van der Waals surface area (Å²) in [5.41, 5.74) is 4.14. The van der Waals surface area contributed by atoms with Crippen molar-refractivity contribution in [1.29, 1.82) is 0 Å². The Morgan fingerprint density at radius 1 is 1.00 bits per heavy atom. The highest BCUT2D eigenvalue weighted by atomic mass is 35.5. The first-order valence-electron chi connectivity index (χ1n) is 9.23. The molecule has 0 saturated heterocycles. The third-order valence-corrected chi connectivity index (χ3v) is 5.33. The first kappa shape index (κ1) is 19.3. The molecule has 0 bridgehead atoms. The number of ether oxygens (including phenoxy) is 3. The minimum Gasteiger partial charge on any atom is -0.493 e. The van der Waals surface area contributed by atoms with E-state index in [1.54, 1.807) is 24.9 Å². The first-order valence-corrected chi connectivity index (χ1v) is 9.61. The molecular formula is C22H21ClN2O4. The summed E-state index contributed by atoms with van der Waals surface area (Å²) in [6.45, 7) is 4.36. The number of aromatic nitrogens is 2. The Morgan fingerprint density at radius 2 is 1.66 bits per heavy atom. The van der Waals surface area contributed by atoms with Crippen molar-refractivity contribution in [3.63, 3.8) is 0 Å². The monoisotopic (exact) mass is 412 g/mol. The SMILES string of the molecule is COc1cc2c(cc1OC)-c1cc(Oc3c(C)cc(Cl)cc3C)nc(=O)n1CC2. The van der Waals surface area contributed by atoms with Crippen LogP contribution in [0.4, 0.5) is 0 Å². The number of aryl methyl sites for hydroxylation is 3. The maximum absolute atomic E-state index is 12.7. The molecule has 4 rings (SSSR count). The van der Waals surface area contributed by atoms with Gasteiger partial charge in [0, 0.05) is 23.2 Å². The van der Waals surface area contributed by atoms with Gasteiger partial charge in [-0.15, -0.1) is 0 Å². The highest BCUT2D eigenvalue weighted by Gasteiger charge is 2.22. The summed E-state index contributed by atoms with van der Waals surface area (Å²) in [6.07, 6.45) is 0.708. The van der Waals surface area contributed by atoms with Crippen LogP contribution in [0, 0.1) is 13.8 Å². The quantitative estimate of drug-likeness (QED) is 0.629. The summed E-state index contributed by atoms with van der Waals surface area (Å²) in [5, 5.41) is 0.640. The Balaban J connectivity index is 1.83. The van der Waals surface area contributed by atoms with Gasteiger partial charge in [0.25, 0.3) is 0 Å². The zero-order valence-corrected chi connectivity index (χ0v) is 17.5. The molecule has 6 nitrogen and oxygen atoms in total. The van der Waals surface area contributed by atoms with Crippen molar-refractivity contribution < 1.29 is 14.2 Å². The number of benzene rings is 2. The largest absolute Gasteiger partial charge is 0.493 e. The second kappa shape index (κ2) is 7.44. The van der Waals surface area contributed by atoms with E-state index >= 15 is 0 Å². The van der Waals surface area contributed by atoms with Gasteiger partial charge in [0.15, 0.2) is 11.5 Å². The number of fused-ring (bicyclic) bond motifs is 3. The molecule has 7 heteroatoms. The van der Waals surface area contributed by atoms with Gasteiger partial charge in [0.05, 0.1) is 19.9 Å². The average Bonchev–Trinajstić information content (AvgIpc) is 2.69. The zero-order chi connectivity index (χ0) is 20.7. The average molecular weight is 413 g/mol. The van der Waals surface area contributed by atoms with E-state index in [1.165, 1.54) is 0 Å². The van der Waals surface area contributed by atoms with Crippen LogP contribution in [-0.4, -0.2) is 23.8 Å². The lowest BCUT2D eigenvalue weighted by Crippen LogP contribution is -2.28. The van der Waals surface area contributed by atoms with Crippen LogP contribution in [0.15, 0.2) is 35.1 Å². The highest BCUT2D eigenvalue weighted by molar-refractivity contribution is 6.30. The molecule has 0 fully saturated rings. The summed E-state index contributed by atoms with van der Waals surface area (Å²) in [6, 6.07) is 9.28. The molecule has 1 aromatic heterocycles. The second-order valence-electron chi connectivity index (χ2n) is 7.00. The summed E-state index contributed by atoms with van der Waals surface area (Å²) < 4.78 is 18.5. The number of halogens is 1. The molecule has 0 radical (unpaired) electrons. The molecule has 0 N–H and O–H groups in total. The second-order valence-corrected chi connectivity index (χ2v) is 7.44. The number of hydrogen-bond donors (Lipinski definition) is 0. The van der Waals surface area contributed by atoms with Crippen LogP contribution in [0.3, 0.4) is 0 Å². The van der Waals surface area contributed by atoms with E-state index in [2.05, 4.69) is 4.98 Å². The van der Waals surface area contributed by atoms with Gasteiger partial charge in [-0.2, -0.15) is 4.98 Å². The Morgan fingerprint density at radius 3 is 2.31 bits per heavy atom. The lowest BCUT2D eigenvalue weighted by atomic mass is 9.97. The maximum Gasteiger partial charge on any atom is 0.351 e. The third-order valence-electron chi connectivity index (χ3n) is 5.11. The zero-order valence-electron chi connectivity index (χ0n) is 16.7. The fraction of sp³-hybridized carbons (Fsp3) is 0.273. The summed E-state index contributed by atoms with van der Waals surface area (Å²) in [5.74, 6) is 2.17. The van der Waals surface area contributed by atoms with Crippen LogP contribution >= 0.6 is 11.6 Å². The predicted octanol–water partition coefficient (Wildman–Crippen LogP) is 4.55. The predicted molar refractivity (Wildman–Crippen MR) is 112 cm³/mol. The number of rotatable bonds is 4. The minimum absolute atomic E-state index is 0.248. The summed E-state index contributed by atoms with van der Waals surface area (Å²) >= 11 is 6.11. The highest BCUT2D eigenvalue weighted by Crippen LogP contribution is 2.39. The van der Waals surface area contributed by atoms with Crippen molar-refractivity contribution in [1.82, 2.24) is 9.55 Å². The van der Waals surface area contributed by atoms with Gasteiger partial charge in [-0.1, -0.05) is 11.6 Å². The first-order chi connectivity index (χ1) is 13.9. The maximum atomic E-state index is 12.7. The molecule has 1 aliphatic rings. The molecule has 2 heterocycles. The summed E-state index contributed by atoms with van der Waals surface area (Å²) in [7, 11) is 3.20. The van der Waals surface area contributed by atoms with Crippen molar-refractivity contribution in [3.8, 4) is 34.4 Å². The third kappa shape index (κ3) is 3.44. The molecule has 3 aromatic rings. The van der Waals surface area contributed by atoms with E-state index in [0.29, 0.717) is 35.2 Å². The fourth-order valence-corrected chi connectivity index (χ4v) is 4.07. The van der Waals surface area contributed by atoms with Crippen LogP contribution in [0.5, 0.6) is 23.1 Å². The Bertz CT molecular complexity index is 1150. The van der Waals surface area contributed by atoms with Gasteiger partial charge < -0.3 is 14.2 Å². The van der Waals surface area contributed by atoms with Gasteiger partial charge in [-0.3, -0.25) is 4.57 Å². The van der Waals surface area contributed by atoms with Crippen LogP contribution < -0.4 is 19.9 Å². The van der Waals surface area contributed by atoms with Crippen LogP contribution in [0.2, 0.25) is 5.02 Å². The smallest absolute Gasteiger partial charge is 0.351 e. The van der Waals surface area contributed by atoms with E-state index in [9.17, 15) is 4.79 Å². The molecule has 0 aliphatic carbocycles. The van der Waals surface area contributed by atoms with Gasteiger partial charge in [0.1, 0.15) is 5.75 Å². The lowest BCUT2D eigenvalue weighted by molar-refractivity contribution is 0.354. The Labute approximate surface area is 173 Å². The molecule has 0 unspecified atom stereocenters. The van der Waals surface area contributed by atoms with Gasteiger partial charge in [-0.25, -0.2) is 4.79 Å². The van der Waals surface area contributed by atoms with Gasteiger partial charge in [-0.05, 0) is 61.2 Å². The molecule has 0 spiro atoms. The minimum atomic E-state index is -0.345. The normalized spacial score (nSPS) is 12.2. The van der Waals surface area contributed by atoms with Crippen LogP contribution in [0.1, 0.15) is 16.7 Å². The van der Waals surface area contributed by atoms with Gasteiger partial charge in [0.2, 0.25) is 5.88 Å². The van der Waals surface area contributed by atoms with Crippen molar-refractivity contribution in [2.75, 3.05) is 14.2 Å². The van der Waals surface area contributed by atoms with E-state index in [4.69, 9.17) is 25.8 Å². The molecule has 0 saturated carbocycles. The number of methoxy groups -OCH3 is 2. The molecule has 150 valence electrons. The van der Waals surface area contributed by atoms with Gasteiger partial charge >= 0.3 is 5.69 Å². The van der Waals surface area contributed by atoms with Crippen molar-refractivity contribution in [3.05, 3.63) is 62.5 Å². The topological polar surface area (TPSA) is 62.6 Å². The van der Waals surface area contributed by atoms with Crippen molar-refractivity contribution in [2.24, 2.45) is 0 Å². The Hall–Kier alpha value is -2.99. The van der Waals surface area contributed by atoms with Crippen molar-refractivity contribution in [2.45, 2.75) is 26.8 Å². The van der Waals surface area contributed by atoms with E-state index in [0.717, 1.165) is 27.9 Å². The van der Waals surface area contributed by atoms with E-state index in [1.807, 2.05) is 38.1 Å². The van der Waals surface area contributed by atoms with Crippen LogP contribution in [-0.2, 0) is 13.0 Å². The molecule has 0 amide bonds. The fourth-order valence-electron chi connectivity index (χ4n) is 3.74. The van der Waals surface area contributed by atoms with Crippen LogP contribution in [0.25, 0.3) is 11.3 Å². The molecule has 1 aliphatic heterocycles. The number of hydrogen-bond acceptors (Lipinski definition) is 5. The molecule has 29 heavy (non-hydrogen) atoms. The molecular weight excluding hydrogens is 392 g/mol. The molecule has 0 atom stereocenters. The standard InChI is InChI=1S/C22H21ClN2O4/c1-12-7-15(23)8-13(2)21(12)29-20-11-17-16-10-19(28-4)18(27-3)9-14(16)5-6-25(17)22(26)24-20/h7-11H,5-6H2,1-4H3. The lowest BCUT2D eigenvalue weighted by Gasteiger charge is -2.23. The van der Waals surface area contributed by atoms with E-state index < -0.39 is 0 Å². The number of nitrogens with zero attached hydrogens (tertiary/aromatic N) is 2. The molecule has 2 aromatic carbocycles. The summed E-state index contributed by atoms with van der Waals surface area (Å²) in [4.78, 5) is 16.8.